The van der Waals surface area contributed by atoms with Crippen LogP contribution in [0.1, 0.15) is 27.2 Å². The molecule has 0 spiro atoms. The molecule has 0 aromatic heterocycles. The number of allylic oxidation sites excluding steroid dienone is 2. The van der Waals surface area contributed by atoms with E-state index < -0.39 is 0 Å². The maximum absolute atomic E-state index is 10.9. The average Bonchev–Trinajstić information content (AvgIpc) is 1.58. The zero-order valence-corrected chi connectivity index (χ0v) is 6.85. The Morgan fingerprint density at radius 2 is 2.10 bits per heavy atom. The Kier molecular flexibility index (Phi) is 3.77. The van der Waals surface area contributed by atoms with E-state index in [4.69, 9.17) is 5.73 Å². The maximum atomic E-state index is 10.9. The van der Waals surface area contributed by atoms with Crippen LogP contribution in [-0.4, -0.2) is 5.78 Å². The van der Waals surface area contributed by atoms with Gasteiger partial charge in [-0.15, -0.1) is 0 Å². The van der Waals surface area contributed by atoms with Crippen LogP contribution in [0, 0.1) is 5.92 Å². The second-order valence-electron chi connectivity index (χ2n) is 2.95. The first-order valence-corrected chi connectivity index (χ1v) is 3.49. The lowest BCUT2D eigenvalue weighted by atomic mass is 10.1. The summed E-state index contributed by atoms with van der Waals surface area (Å²) in [5.41, 5.74) is 5.90. The monoisotopic (exact) mass is 141 g/mol. The third-order valence-corrected chi connectivity index (χ3v) is 0.998. The molecule has 0 aromatic rings. The van der Waals surface area contributed by atoms with Gasteiger partial charge in [-0.3, -0.25) is 4.79 Å². The van der Waals surface area contributed by atoms with Crippen molar-refractivity contribution in [1.82, 2.24) is 0 Å². The van der Waals surface area contributed by atoms with Crippen LogP contribution in [0.5, 0.6) is 0 Å². The summed E-state index contributed by atoms with van der Waals surface area (Å²) in [7, 11) is 0. The zero-order valence-electron chi connectivity index (χ0n) is 6.85. The number of carbonyl (C=O) groups is 1. The lowest BCUT2D eigenvalue weighted by Crippen LogP contribution is -2.02. The molecule has 2 heteroatoms. The van der Waals surface area contributed by atoms with Gasteiger partial charge in [-0.25, -0.2) is 0 Å². The van der Waals surface area contributed by atoms with Crippen molar-refractivity contribution in [1.29, 1.82) is 0 Å². The molecule has 58 valence electrons. The minimum atomic E-state index is 0.120. The zero-order chi connectivity index (χ0) is 8.15. The molecule has 10 heavy (non-hydrogen) atoms. The summed E-state index contributed by atoms with van der Waals surface area (Å²) in [6.07, 6.45) is 2.08. The molecule has 0 rings (SSSR count). The fraction of sp³-hybridized carbons (Fsp3) is 0.625. The molecule has 0 radical (unpaired) electrons. The van der Waals surface area contributed by atoms with Crippen LogP contribution in [0.15, 0.2) is 11.8 Å². The van der Waals surface area contributed by atoms with Gasteiger partial charge in [0, 0.05) is 12.1 Å². The standard InChI is InChI=1S/C8H15NO/c1-6(2)4-8(10)5-7(3)9/h5-6H,4,9H2,1-3H3. The highest BCUT2D eigenvalue weighted by molar-refractivity contribution is 5.90. The highest BCUT2D eigenvalue weighted by Crippen LogP contribution is 2.00. The molecule has 2 N–H and O–H groups in total. The molecule has 0 atom stereocenters. The molecular weight excluding hydrogens is 126 g/mol. The first-order valence-electron chi connectivity index (χ1n) is 3.49. The quantitative estimate of drug-likeness (QED) is 0.605. The van der Waals surface area contributed by atoms with Crippen molar-refractivity contribution in [3.63, 3.8) is 0 Å². The van der Waals surface area contributed by atoms with Gasteiger partial charge in [0.1, 0.15) is 0 Å². The number of carbonyl (C=O) groups excluding carboxylic acids is 1. The highest BCUT2D eigenvalue weighted by atomic mass is 16.1. The number of hydrogen-bond donors (Lipinski definition) is 1. The predicted octanol–water partition coefficient (Wildman–Crippen LogP) is 1.46. The van der Waals surface area contributed by atoms with Gasteiger partial charge in [-0.2, -0.15) is 0 Å². The Morgan fingerprint density at radius 1 is 1.60 bits per heavy atom. The fourth-order valence-electron chi connectivity index (χ4n) is 0.715. The van der Waals surface area contributed by atoms with Gasteiger partial charge < -0.3 is 5.73 Å². The van der Waals surface area contributed by atoms with E-state index in [9.17, 15) is 4.79 Å². The summed E-state index contributed by atoms with van der Waals surface area (Å²) in [4.78, 5) is 10.9. The Bertz CT molecular complexity index is 143. The molecule has 2 nitrogen and oxygen atoms in total. The highest BCUT2D eigenvalue weighted by Gasteiger charge is 2.00. The summed E-state index contributed by atoms with van der Waals surface area (Å²) >= 11 is 0. The number of nitrogens with two attached hydrogens (primary N) is 1. The first-order chi connectivity index (χ1) is 4.52. The lowest BCUT2D eigenvalue weighted by molar-refractivity contribution is -0.115. The van der Waals surface area contributed by atoms with Crippen molar-refractivity contribution >= 4 is 5.78 Å². The molecule has 0 heterocycles. The van der Waals surface area contributed by atoms with E-state index >= 15 is 0 Å². The third kappa shape index (κ3) is 5.35. The lowest BCUT2D eigenvalue weighted by Gasteiger charge is -1.98. The fourth-order valence-corrected chi connectivity index (χ4v) is 0.715. The smallest absolute Gasteiger partial charge is 0.157 e. The van der Waals surface area contributed by atoms with Gasteiger partial charge in [0.05, 0.1) is 0 Å². The van der Waals surface area contributed by atoms with Crippen LogP contribution in [0.25, 0.3) is 0 Å². The third-order valence-electron chi connectivity index (χ3n) is 0.998. The van der Waals surface area contributed by atoms with E-state index in [2.05, 4.69) is 0 Å². The molecule has 0 saturated carbocycles. The molecule has 0 saturated heterocycles. The summed E-state index contributed by atoms with van der Waals surface area (Å²) in [6.45, 7) is 5.74. The van der Waals surface area contributed by atoms with E-state index in [-0.39, 0.29) is 5.78 Å². The normalized spacial score (nSPS) is 12.2. The molecule has 0 aromatic carbocycles. The van der Waals surface area contributed by atoms with Gasteiger partial charge in [-0.05, 0) is 18.9 Å². The van der Waals surface area contributed by atoms with Crippen LogP contribution in [-0.2, 0) is 4.79 Å². The van der Waals surface area contributed by atoms with Crippen LogP contribution in [0.2, 0.25) is 0 Å². The van der Waals surface area contributed by atoms with Crippen molar-refractivity contribution in [3.05, 3.63) is 11.8 Å². The van der Waals surface area contributed by atoms with E-state index in [0.717, 1.165) is 0 Å². The second-order valence-corrected chi connectivity index (χ2v) is 2.95. The van der Waals surface area contributed by atoms with Crippen molar-refractivity contribution in [2.75, 3.05) is 0 Å². The Labute approximate surface area is 62.1 Å². The number of ketones is 1. The SMILES string of the molecule is CC(N)=CC(=O)CC(C)C. The van der Waals surface area contributed by atoms with Gasteiger partial charge in [0.15, 0.2) is 5.78 Å². The topological polar surface area (TPSA) is 43.1 Å². The molecule has 0 aliphatic heterocycles. The van der Waals surface area contributed by atoms with Crippen LogP contribution >= 0.6 is 0 Å². The van der Waals surface area contributed by atoms with E-state index in [0.29, 0.717) is 18.0 Å². The molecule has 0 aliphatic carbocycles. The minimum Gasteiger partial charge on any atom is -0.402 e. The van der Waals surface area contributed by atoms with Crippen LogP contribution in [0.4, 0.5) is 0 Å². The average molecular weight is 141 g/mol. The van der Waals surface area contributed by atoms with Gasteiger partial charge in [0.25, 0.3) is 0 Å². The largest absolute Gasteiger partial charge is 0.402 e. The van der Waals surface area contributed by atoms with Crippen LogP contribution in [0.3, 0.4) is 0 Å². The van der Waals surface area contributed by atoms with Gasteiger partial charge in [0.2, 0.25) is 0 Å². The Hall–Kier alpha value is -0.790. The number of hydrogen-bond acceptors (Lipinski definition) is 2. The first kappa shape index (κ1) is 9.21. The number of rotatable bonds is 3. The van der Waals surface area contributed by atoms with Crippen molar-refractivity contribution in [2.24, 2.45) is 11.7 Å². The van der Waals surface area contributed by atoms with E-state index in [1.165, 1.54) is 6.08 Å². The predicted molar refractivity (Wildman–Crippen MR) is 42.4 cm³/mol. The van der Waals surface area contributed by atoms with Crippen molar-refractivity contribution in [2.45, 2.75) is 27.2 Å². The Balaban J connectivity index is 3.76. The summed E-state index contributed by atoms with van der Waals surface area (Å²) in [5.74, 6) is 0.540. The van der Waals surface area contributed by atoms with Crippen LogP contribution < -0.4 is 5.73 Å². The van der Waals surface area contributed by atoms with Gasteiger partial charge >= 0.3 is 0 Å². The second kappa shape index (κ2) is 4.09. The van der Waals surface area contributed by atoms with Crippen molar-refractivity contribution in [3.8, 4) is 0 Å². The maximum Gasteiger partial charge on any atom is 0.157 e. The molecule has 0 bridgehead atoms. The molecular formula is C8H15NO. The summed E-state index contributed by atoms with van der Waals surface area (Å²) in [6, 6.07) is 0. The summed E-state index contributed by atoms with van der Waals surface area (Å²) in [5, 5.41) is 0. The van der Waals surface area contributed by atoms with E-state index in [1.54, 1.807) is 6.92 Å². The molecule has 0 aliphatic rings. The van der Waals surface area contributed by atoms with Gasteiger partial charge in [-0.1, -0.05) is 13.8 Å². The minimum absolute atomic E-state index is 0.120. The molecule has 0 fully saturated rings. The molecule has 0 amide bonds. The van der Waals surface area contributed by atoms with E-state index in [1.807, 2.05) is 13.8 Å². The Morgan fingerprint density at radius 3 is 2.40 bits per heavy atom. The molecule has 0 unspecified atom stereocenters. The summed E-state index contributed by atoms with van der Waals surface area (Å²) < 4.78 is 0. The van der Waals surface area contributed by atoms with Crippen molar-refractivity contribution < 1.29 is 4.79 Å².